The van der Waals surface area contributed by atoms with Crippen molar-refractivity contribution in [2.24, 2.45) is 0 Å². The Hall–Kier alpha value is -1.68. The molecule has 1 aromatic carbocycles. The van der Waals surface area contributed by atoms with E-state index in [0.29, 0.717) is 12.1 Å². The third kappa shape index (κ3) is 1.42. The lowest BCUT2D eigenvalue weighted by Crippen LogP contribution is -2.98. The first kappa shape index (κ1) is 9.54. The molecule has 82 valence electrons. The second-order valence-corrected chi connectivity index (χ2v) is 4.32. The Balaban J connectivity index is 1.90. The largest absolute Gasteiger partial charge is 0.315 e. The standard InChI is InChI=1S/C12H12N2O2/c15-11-8-10(13-6-7-13)12(16)14(11)9-4-2-1-3-5-9/h1-5,10H,6-8H2/p+1/t10-/m0/s1. The van der Waals surface area contributed by atoms with Gasteiger partial charge in [0.1, 0.15) is 13.1 Å². The topological polar surface area (TPSA) is 41.8 Å². The van der Waals surface area contributed by atoms with Crippen LogP contribution in [-0.4, -0.2) is 30.9 Å². The molecule has 16 heavy (non-hydrogen) atoms. The Morgan fingerprint density at radius 1 is 1.12 bits per heavy atom. The van der Waals surface area contributed by atoms with Gasteiger partial charge >= 0.3 is 0 Å². The van der Waals surface area contributed by atoms with E-state index in [-0.39, 0.29) is 17.9 Å². The minimum atomic E-state index is -0.132. The molecule has 0 bridgehead atoms. The van der Waals surface area contributed by atoms with Gasteiger partial charge < -0.3 is 4.90 Å². The fraction of sp³-hybridized carbons (Fsp3) is 0.333. The summed E-state index contributed by atoms with van der Waals surface area (Å²) in [6.07, 6.45) is 0.364. The number of amides is 2. The molecule has 0 saturated carbocycles. The van der Waals surface area contributed by atoms with E-state index in [1.165, 1.54) is 9.80 Å². The van der Waals surface area contributed by atoms with Gasteiger partial charge in [-0.2, -0.15) is 0 Å². The second kappa shape index (κ2) is 3.42. The van der Waals surface area contributed by atoms with Gasteiger partial charge in [-0.15, -0.1) is 0 Å². The molecule has 0 spiro atoms. The van der Waals surface area contributed by atoms with Gasteiger partial charge in [-0.05, 0) is 12.1 Å². The zero-order chi connectivity index (χ0) is 11.1. The van der Waals surface area contributed by atoms with E-state index in [4.69, 9.17) is 0 Å². The lowest BCUT2D eigenvalue weighted by Gasteiger charge is -2.13. The highest BCUT2D eigenvalue weighted by atomic mass is 16.2. The average molecular weight is 217 g/mol. The number of nitrogens with zero attached hydrogens (tertiary/aromatic N) is 1. The highest BCUT2D eigenvalue weighted by Gasteiger charge is 2.49. The summed E-state index contributed by atoms with van der Waals surface area (Å²) in [5.74, 6) is -0.107. The van der Waals surface area contributed by atoms with Crippen LogP contribution in [0.3, 0.4) is 0 Å². The van der Waals surface area contributed by atoms with Gasteiger partial charge in [0.2, 0.25) is 5.91 Å². The van der Waals surface area contributed by atoms with Crippen LogP contribution in [0, 0.1) is 0 Å². The Bertz CT molecular complexity index is 440. The van der Waals surface area contributed by atoms with Crippen molar-refractivity contribution >= 4 is 17.5 Å². The molecule has 0 unspecified atom stereocenters. The molecule has 2 saturated heterocycles. The Morgan fingerprint density at radius 2 is 1.81 bits per heavy atom. The molecule has 2 fully saturated rings. The normalized spacial score (nSPS) is 25.2. The number of imide groups is 1. The number of quaternary nitrogens is 1. The van der Waals surface area contributed by atoms with E-state index >= 15 is 0 Å². The summed E-state index contributed by atoms with van der Waals surface area (Å²) in [5, 5.41) is 0. The van der Waals surface area contributed by atoms with Gasteiger partial charge in [0.15, 0.2) is 6.04 Å². The Kier molecular flexibility index (Phi) is 2.04. The number of para-hydroxylation sites is 1. The van der Waals surface area contributed by atoms with Gasteiger partial charge in [-0.3, -0.25) is 9.59 Å². The molecular weight excluding hydrogens is 204 g/mol. The number of anilines is 1. The number of benzene rings is 1. The molecule has 1 atom stereocenters. The summed E-state index contributed by atoms with van der Waals surface area (Å²) in [6, 6.07) is 9.03. The van der Waals surface area contributed by atoms with Crippen LogP contribution in [-0.2, 0) is 9.59 Å². The van der Waals surface area contributed by atoms with Crippen molar-refractivity contribution in [2.45, 2.75) is 12.5 Å². The van der Waals surface area contributed by atoms with Crippen LogP contribution in [0.5, 0.6) is 0 Å². The van der Waals surface area contributed by atoms with Crippen molar-refractivity contribution in [3.63, 3.8) is 0 Å². The fourth-order valence-electron chi connectivity index (χ4n) is 2.22. The SMILES string of the molecule is O=C1C[C@H]([NH+]2CC2)C(=O)N1c1ccccc1. The van der Waals surface area contributed by atoms with E-state index in [1.807, 2.05) is 18.2 Å². The van der Waals surface area contributed by atoms with Gasteiger partial charge in [0, 0.05) is 0 Å². The molecule has 3 rings (SSSR count). The zero-order valence-corrected chi connectivity index (χ0v) is 8.85. The smallest absolute Gasteiger partial charge is 0.292 e. The molecule has 2 aliphatic rings. The molecule has 0 aliphatic carbocycles. The maximum Gasteiger partial charge on any atom is 0.292 e. The Morgan fingerprint density at radius 3 is 2.44 bits per heavy atom. The predicted molar refractivity (Wildman–Crippen MR) is 58.0 cm³/mol. The Labute approximate surface area is 93.5 Å². The van der Waals surface area contributed by atoms with Crippen LogP contribution in [0.1, 0.15) is 6.42 Å². The molecule has 0 radical (unpaired) electrons. The fourth-order valence-corrected chi connectivity index (χ4v) is 2.22. The average Bonchev–Trinajstić information content (AvgIpc) is 3.07. The molecule has 1 aromatic rings. The summed E-state index contributed by atoms with van der Waals surface area (Å²) >= 11 is 0. The van der Waals surface area contributed by atoms with E-state index < -0.39 is 0 Å². The number of carbonyl (C=O) groups is 2. The van der Waals surface area contributed by atoms with Crippen molar-refractivity contribution in [2.75, 3.05) is 18.0 Å². The predicted octanol–water partition coefficient (Wildman–Crippen LogP) is -0.783. The maximum atomic E-state index is 12.1. The highest BCUT2D eigenvalue weighted by Crippen LogP contribution is 2.21. The third-order valence-electron chi connectivity index (χ3n) is 3.19. The second-order valence-electron chi connectivity index (χ2n) is 4.32. The van der Waals surface area contributed by atoms with Crippen molar-refractivity contribution in [3.05, 3.63) is 30.3 Å². The minimum Gasteiger partial charge on any atom is -0.315 e. The maximum absolute atomic E-state index is 12.1. The van der Waals surface area contributed by atoms with Gasteiger partial charge in [-0.1, -0.05) is 18.2 Å². The molecular formula is C12H13N2O2+. The van der Waals surface area contributed by atoms with E-state index in [0.717, 1.165) is 13.1 Å². The monoisotopic (exact) mass is 217 g/mol. The van der Waals surface area contributed by atoms with Crippen molar-refractivity contribution in [1.82, 2.24) is 0 Å². The number of carbonyl (C=O) groups excluding carboxylic acids is 2. The summed E-state index contributed by atoms with van der Waals surface area (Å²) < 4.78 is 0. The molecule has 2 aliphatic heterocycles. The number of nitrogens with one attached hydrogen (secondary N) is 1. The number of rotatable bonds is 2. The first-order valence-electron chi connectivity index (χ1n) is 5.54. The van der Waals surface area contributed by atoms with Crippen LogP contribution in [0.25, 0.3) is 0 Å². The van der Waals surface area contributed by atoms with Crippen molar-refractivity contribution in [1.29, 1.82) is 0 Å². The molecule has 1 N–H and O–H groups in total. The summed E-state index contributed by atoms with van der Waals surface area (Å²) in [4.78, 5) is 26.5. The van der Waals surface area contributed by atoms with Crippen LogP contribution < -0.4 is 9.80 Å². The van der Waals surface area contributed by atoms with Gasteiger partial charge in [-0.25, -0.2) is 4.90 Å². The van der Waals surface area contributed by atoms with Crippen LogP contribution in [0.4, 0.5) is 5.69 Å². The van der Waals surface area contributed by atoms with Crippen LogP contribution in [0.2, 0.25) is 0 Å². The summed E-state index contributed by atoms with van der Waals surface area (Å²) in [5.41, 5.74) is 0.696. The van der Waals surface area contributed by atoms with Crippen molar-refractivity contribution in [3.8, 4) is 0 Å². The zero-order valence-electron chi connectivity index (χ0n) is 8.85. The first-order chi connectivity index (χ1) is 7.77. The molecule has 4 heteroatoms. The molecule has 2 heterocycles. The number of hydrogen-bond donors (Lipinski definition) is 1. The van der Waals surface area contributed by atoms with Gasteiger partial charge in [0.25, 0.3) is 5.91 Å². The summed E-state index contributed by atoms with van der Waals surface area (Å²) in [7, 11) is 0. The number of hydrogen-bond acceptors (Lipinski definition) is 2. The van der Waals surface area contributed by atoms with E-state index in [1.54, 1.807) is 12.1 Å². The van der Waals surface area contributed by atoms with E-state index in [9.17, 15) is 9.59 Å². The first-order valence-corrected chi connectivity index (χ1v) is 5.54. The third-order valence-corrected chi connectivity index (χ3v) is 3.19. The van der Waals surface area contributed by atoms with E-state index in [2.05, 4.69) is 0 Å². The van der Waals surface area contributed by atoms with Crippen LogP contribution in [0.15, 0.2) is 30.3 Å². The van der Waals surface area contributed by atoms with Gasteiger partial charge in [0.05, 0.1) is 12.1 Å². The molecule has 0 aromatic heterocycles. The highest BCUT2D eigenvalue weighted by molar-refractivity contribution is 6.21. The molecule has 4 nitrogen and oxygen atoms in total. The quantitative estimate of drug-likeness (QED) is 0.521. The van der Waals surface area contributed by atoms with Crippen LogP contribution >= 0.6 is 0 Å². The lowest BCUT2D eigenvalue weighted by atomic mass is 10.2. The molecule has 2 amide bonds. The minimum absolute atomic E-state index is 0.0382. The summed E-state index contributed by atoms with van der Waals surface area (Å²) in [6.45, 7) is 2.04. The van der Waals surface area contributed by atoms with Crippen molar-refractivity contribution < 1.29 is 14.5 Å². The lowest BCUT2D eigenvalue weighted by molar-refractivity contribution is -0.776.